The number of halogens is 1. The van der Waals surface area contributed by atoms with Crippen molar-refractivity contribution < 1.29 is 19.4 Å². The quantitative estimate of drug-likeness (QED) is 0.237. The molecule has 1 N–H and O–H groups in total. The number of carbonyl (C=O) groups excluding carboxylic acids is 2. The van der Waals surface area contributed by atoms with E-state index in [0.717, 1.165) is 5.56 Å². The molecule has 4 rings (SSSR count). The summed E-state index contributed by atoms with van der Waals surface area (Å²) in [6, 6.07) is 20.0. The summed E-state index contributed by atoms with van der Waals surface area (Å²) in [6.45, 7) is 8.48. The monoisotopic (exact) mass is 514 g/mol. The Labute approximate surface area is 221 Å². The normalized spacial score (nSPS) is 17.1. The van der Waals surface area contributed by atoms with Crippen LogP contribution in [0.5, 0.6) is 5.75 Å². The van der Waals surface area contributed by atoms with Crippen LogP contribution in [-0.4, -0.2) is 23.4 Å². The molecule has 1 fully saturated rings. The van der Waals surface area contributed by atoms with Crippen molar-refractivity contribution in [2.45, 2.75) is 39.2 Å². The molecule has 1 saturated heterocycles. The van der Waals surface area contributed by atoms with Crippen molar-refractivity contribution in [1.82, 2.24) is 0 Å². The van der Waals surface area contributed by atoms with Crippen LogP contribution in [0, 0.1) is 11.3 Å². The number of carbonyl (C=O) groups is 2. The molecule has 1 aliphatic heterocycles. The first-order chi connectivity index (χ1) is 17.6. The molecule has 6 nitrogen and oxygen atoms in total. The van der Waals surface area contributed by atoms with Gasteiger partial charge in [-0.05, 0) is 65.9 Å². The minimum atomic E-state index is -0.881. The van der Waals surface area contributed by atoms with E-state index in [9.17, 15) is 20.0 Å². The fraction of sp³-hybridized carbons (Fsp3) is 0.233. The van der Waals surface area contributed by atoms with Gasteiger partial charge in [0.15, 0.2) is 0 Å². The number of rotatable bonds is 5. The molecule has 0 aromatic heterocycles. The Morgan fingerprint density at radius 1 is 1.05 bits per heavy atom. The highest BCUT2D eigenvalue weighted by atomic mass is 35.5. The van der Waals surface area contributed by atoms with Gasteiger partial charge in [0.05, 0.1) is 34.9 Å². The number of aliphatic hydroxyl groups excluding tert-OH is 1. The van der Waals surface area contributed by atoms with Gasteiger partial charge in [-0.25, -0.2) is 0 Å². The lowest BCUT2D eigenvalue weighted by Crippen LogP contribution is -2.29. The van der Waals surface area contributed by atoms with Crippen molar-refractivity contribution in [2.75, 3.05) is 11.5 Å². The minimum absolute atomic E-state index is 0.0392. The molecule has 188 valence electrons. The molecule has 7 heteroatoms. The van der Waals surface area contributed by atoms with E-state index in [0.29, 0.717) is 39.8 Å². The highest BCUT2D eigenvalue weighted by molar-refractivity contribution is 6.51. The molecule has 1 aliphatic rings. The summed E-state index contributed by atoms with van der Waals surface area (Å²) in [5, 5.41) is 20.9. The second kappa shape index (κ2) is 10.1. The van der Waals surface area contributed by atoms with Gasteiger partial charge in [0.1, 0.15) is 11.5 Å². The first-order valence-electron chi connectivity index (χ1n) is 11.9. The van der Waals surface area contributed by atoms with E-state index in [1.54, 1.807) is 42.5 Å². The molecule has 3 aromatic rings. The van der Waals surface area contributed by atoms with Crippen LogP contribution in [-0.2, 0) is 15.0 Å². The maximum atomic E-state index is 13.4. The highest BCUT2D eigenvalue weighted by Gasteiger charge is 2.47. The number of benzene rings is 3. The standard InChI is InChI=1S/C30H27ClN2O4/c1-5-37-24-16-20(10-15-23(24)31)27(34)25-26(19-8-11-21(12-9-19)30(2,3)4)33(29(36)28(25)35)22-13-6-18(17-32)7-14-22/h6-16,26,34H,5H2,1-4H3/b27-25-. The third-order valence-corrected chi connectivity index (χ3v) is 6.63. The molecule has 37 heavy (non-hydrogen) atoms. The SMILES string of the molecule is CCOc1cc(/C(O)=C2/C(=O)C(=O)N(c3ccc(C#N)cc3)C2c2ccc(C(C)(C)C)cc2)ccc1Cl. The molecule has 1 amide bonds. The molecule has 0 spiro atoms. The second-order valence-electron chi connectivity index (χ2n) is 9.78. The fourth-order valence-electron chi connectivity index (χ4n) is 4.35. The molecule has 0 aliphatic carbocycles. The van der Waals surface area contributed by atoms with Gasteiger partial charge in [-0.3, -0.25) is 14.5 Å². The lowest BCUT2D eigenvalue weighted by Gasteiger charge is -2.26. The average Bonchev–Trinajstić information content (AvgIpc) is 3.15. The summed E-state index contributed by atoms with van der Waals surface area (Å²) in [5.41, 5.74) is 2.80. The Balaban J connectivity index is 1.92. The molecule has 1 atom stereocenters. The van der Waals surface area contributed by atoms with Crippen LogP contribution in [0.15, 0.2) is 72.3 Å². The number of Topliss-reactive ketones (excluding diaryl/α,β-unsaturated/α-hetero) is 1. The molecule has 0 saturated carbocycles. The predicted molar refractivity (Wildman–Crippen MR) is 144 cm³/mol. The average molecular weight is 515 g/mol. The maximum absolute atomic E-state index is 13.4. The topological polar surface area (TPSA) is 90.6 Å². The lowest BCUT2D eigenvalue weighted by molar-refractivity contribution is -0.132. The van der Waals surface area contributed by atoms with E-state index >= 15 is 0 Å². The summed E-state index contributed by atoms with van der Waals surface area (Å²) in [7, 11) is 0. The van der Waals surface area contributed by atoms with Gasteiger partial charge in [-0.15, -0.1) is 0 Å². The Kier molecular flexibility index (Phi) is 7.11. The number of ether oxygens (including phenoxy) is 1. The number of nitrogens with zero attached hydrogens (tertiary/aromatic N) is 2. The van der Waals surface area contributed by atoms with Crippen LogP contribution >= 0.6 is 11.6 Å². The summed E-state index contributed by atoms with van der Waals surface area (Å²) < 4.78 is 5.55. The number of aliphatic hydroxyl groups is 1. The summed E-state index contributed by atoms with van der Waals surface area (Å²) in [6.07, 6.45) is 0. The molecule has 1 heterocycles. The van der Waals surface area contributed by atoms with Gasteiger partial charge in [-0.1, -0.05) is 56.6 Å². The second-order valence-corrected chi connectivity index (χ2v) is 10.2. The van der Waals surface area contributed by atoms with E-state index < -0.39 is 17.7 Å². The fourth-order valence-corrected chi connectivity index (χ4v) is 4.52. The minimum Gasteiger partial charge on any atom is -0.507 e. The van der Waals surface area contributed by atoms with E-state index in [4.69, 9.17) is 16.3 Å². The van der Waals surface area contributed by atoms with Crippen molar-refractivity contribution in [3.8, 4) is 11.8 Å². The third-order valence-electron chi connectivity index (χ3n) is 6.32. The van der Waals surface area contributed by atoms with Crippen LogP contribution in [0.1, 0.15) is 56.0 Å². The zero-order chi connectivity index (χ0) is 26.9. The van der Waals surface area contributed by atoms with Crippen LogP contribution in [0.25, 0.3) is 5.76 Å². The number of hydrogen-bond acceptors (Lipinski definition) is 5. The molecule has 0 bridgehead atoms. The number of amides is 1. The molecular formula is C30H27ClN2O4. The molecule has 3 aromatic carbocycles. The first kappa shape index (κ1) is 26.0. The molecule has 0 radical (unpaired) electrons. The van der Waals surface area contributed by atoms with Gasteiger partial charge in [0, 0.05) is 11.3 Å². The first-order valence-corrected chi connectivity index (χ1v) is 12.3. The van der Waals surface area contributed by atoms with E-state index in [2.05, 4.69) is 26.8 Å². The molecular weight excluding hydrogens is 488 g/mol. The maximum Gasteiger partial charge on any atom is 0.300 e. The van der Waals surface area contributed by atoms with Crippen molar-refractivity contribution in [3.63, 3.8) is 0 Å². The van der Waals surface area contributed by atoms with E-state index in [-0.39, 0.29) is 16.7 Å². The van der Waals surface area contributed by atoms with Gasteiger partial charge in [0.25, 0.3) is 11.7 Å². The van der Waals surface area contributed by atoms with Crippen molar-refractivity contribution in [3.05, 3.63) is 99.6 Å². The third kappa shape index (κ3) is 4.96. The number of hydrogen-bond donors (Lipinski definition) is 1. The van der Waals surface area contributed by atoms with Gasteiger partial charge >= 0.3 is 0 Å². The van der Waals surface area contributed by atoms with Gasteiger partial charge in [0.2, 0.25) is 0 Å². The van der Waals surface area contributed by atoms with Gasteiger partial charge < -0.3 is 9.84 Å². The Bertz CT molecular complexity index is 1430. The van der Waals surface area contributed by atoms with E-state index in [1.165, 1.54) is 4.90 Å². The summed E-state index contributed by atoms with van der Waals surface area (Å²) in [4.78, 5) is 28.1. The smallest absolute Gasteiger partial charge is 0.300 e. The van der Waals surface area contributed by atoms with Crippen LogP contribution < -0.4 is 9.64 Å². The van der Waals surface area contributed by atoms with Crippen LogP contribution in [0.2, 0.25) is 5.02 Å². The number of anilines is 1. The van der Waals surface area contributed by atoms with Crippen molar-refractivity contribution >= 4 is 34.7 Å². The molecule has 1 unspecified atom stereocenters. The summed E-state index contributed by atoms with van der Waals surface area (Å²) in [5.74, 6) is -1.53. The zero-order valence-electron chi connectivity index (χ0n) is 21.1. The lowest BCUT2D eigenvalue weighted by atomic mass is 9.85. The number of nitriles is 1. The van der Waals surface area contributed by atoms with Crippen LogP contribution in [0.4, 0.5) is 5.69 Å². The van der Waals surface area contributed by atoms with Crippen molar-refractivity contribution in [1.29, 1.82) is 5.26 Å². The Morgan fingerprint density at radius 2 is 1.70 bits per heavy atom. The zero-order valence-corrected chi connectivity index (χ0v) is 21.8. The highest BCUT2D eigenvalue weighted by Crippen LogP contribution is 2.43. The number of ketones is 1. The van der Waals surface area contributed by atoms with Crippen LogP contribution in [0.3, 0.4) is 0 Å². The Morgan fingerprint density at radius 3 is 2.27 bits per heavy atom. The predicted octanol–water partition coefficient (Wildman–Crippen LogP) is 6.53. The summed E-state index contributed by atoms with van der Waals surface area (Å²) >= 11 is 6.22. The largest absolute Gasteiger partial charge is 0.507 e. The van der Waals surface area contributed by atoms with E-state index in [1.807, 2.05) is 31.2 Å². The Hall–Kier alpha value is -4.08. The van der Waals surface area contributed by atoms with Crippen molar-refractivity contribution in [2.24, 2.45) is 0 Å². The van der Waals surface area contributed by atoms with Gasteiger partial charge in [-0.2, -0.15) is 5.26 Å².